The van der Waals surface area contributed by atoms with Crippen LogP contribution in [-0.4, -0.2) is 18.1 Å². The lowest BCUT2D eigenvalue weighted by molar-refractivity contribution is -0.149. The lowest BCUT2D eigenvalue weighted by Gasteiger charge is -2.40. The number of amides is 1. The summed E-state index contributed by atoms with van der Waals surface area (Å²) in [5, 5.41) is 2.56. The van der Waals surface area contributed by atoms with Crippen molar-refractivity contribution in [3.05, 3.63) is 29.8 Å². The minimum atomic E-state index is -0.913. The summed E-state index contributed by atoms with van der Waals surface area (Å²) in [5.74, 6) is -1.09. The Balaban J connectivity index is 1.68. The molecule has 2 aliphatic carbocycles. The van der Waals surface area contributed by atoms with Crippen molar-refractivity contribution >= 4 is 11.6 Å². The standard InChI is InChI=1S/C17H19F2NO2/c1-15-9-22-17(8-10(15)5-6-16(15,17)2)14(21)20-13-7-11(18)3-4-12(13)19/h3-4,7,10H,5-6,8-9H2,1-2H3,(H,20,21). The second kappa shape index (κ2) is 4.07. The summed E-state index contributed by atoms with van der Waals surface area (Å²) in [6.07, 6.45) is 2.72. The molecule has 2 saturated carbocycles. The topological polar surface area (TPSA) is 38.3 Å². The molecule has 1 aromatic rings. The highest BCUT2D eigenvalue weighted by molar-refractivity contribution is 5.99. The Hall–Kier alpha value is -1.49. The van der Waals surface area contributed by atoms with Crippen molar-refractivity contribution in [2.75, 3.05) is 11.9 Å². The second-order valence-electron chi connectivity index (χ2n) is 7.38. The molecular weight excluding hydrogens is 288 g/mol. The van der Waals surface area contributed by atoms with Gasteiger partial charge in [0.15, 0.2) is 5.60 Å². The Bertz CT molecular complexity index is 679. The zero-order valence-electron chi connectivity index (χ0n) is 12.7. The second-order valence-corrected chi connectivity index (χ2v) is 7.38. The van der Waals surface area contributed by atoms with Crippen LogP contribution in [0.25, 0.3) is 0 Å². The number of anilines is 1. The third-order valence-corrected chi connectivity index (χ3v) is 6.74. The lowest BCUT2D eigenvalue weighted by atomic mass is 9.66. The maximum atomic E-state index is 13.8. The number of halogens is 2. The van der Waals surface area contributed by atoms with Crippen LogP contribution in [-0.2, 0) is 9.53 Å². The van der Waals surface area contributed by atoms with Gasteiger partial charge in [0.05, 0.1) is 12.3 Å². The number of hydrogen-bond acceptors (Lipinski definition) is 2. The van der Waals surface area contributed by atoms with Crippen LogP contribution in [0.15, 0.2) is 18.2 Å². The highest BCUT2D eigenvalue weighted by atomic mass is 19.1. The van der Waals surface area contributed by atoms with Gasteiger partial charge in [0.1, 0.15) is 11.6 Å². The molecule has 5 heteroatoms. The van der Waals surface area contributed by atoms with Gasteiger partial charge in [-0.1, -0.05) is 13.8 Å². The van der Waals surface area contributed by atoms with E-state index in [1.165, 1.54) is 0 Å². The molecule has 1 N–H and O–H groups in total. The highest BCUT2D eigenvalue weighted by Gasteiger charge is 2.78. The van der Waals surface area contributed by atoms with E-state index in [-0.39, 0.29) is 22.4 Å². The fourth-order valence-corrected chi connectivity index (χ4v) is 5.07. The summed E-state index contributed by atoms with van der Waals surface area (Å²) in [6, 6.07) is 3.06. The van der Waals surface area contributed by atoms with Crippen LogP contribution in [0.2, 0.25) is 0 Å². The molecule has 0 radical (unpaired) electrons. The molecule has 118 valence electrons. The quantitative estimate of drug-likeness (QED) is 0.908. The number of benzene rings is 1. The van der Waals surface area contributed by atoms with Crippen molar-refractivity contribution in [3.63, 3.8) is 0 Å². The van der Waals surface area contributed by atoms with E-state index in [2.05, 4.69) is 19.2 Å². The molecule has 4 atom stereocenters. The Morgan fingerprint density at radius 2 is 2.14 bits per heavy atom. The molecule has 0 aromatic heterocycles. The van der Waals surface area contributed by atoms with Gasteiger partial charge < -0.3 is 10.1 Å². The van der Waals surface area contributed by atoms with Gasteiger partial charge in [-0.25, -0.2) is 8.78 Å². The molecule has 3 fully saturated rings. The Labute approximate surface area is 128 Å². The Kier molecular flexibility index (Phi) is 2.62. The lowest BCUT2D eigenvalue weighted by Crippen LogP contribution is -2.52. The third-order valence-electron chi connectivity index (χ3n) is 6.74. The van der Waals surface area contributed by atoms with Crippen LogP contribution in [0.3, 0.4) is 0 Å². The van der Waals surface area contributed by atoms with Crippen LogP contribution in [0.1, 0.15) is 33.1 Å². The van der Waals surface area contributed by atoms with Gasteiger partial charge in [-0.15, -0.1) is 0 Å². The van der Waals surface area contributed by atoms with Crippen molar-refractivity contribution in [1.82, 2.24) is 0 Å². The molecule has 4 rings (SSSR count). The molecule has 4 unspecified atom stereocenters. The number of ether oxygens (including phenoxy) is 1. The number of carbonyl (C=O) groups excluding carboxylic acids is 1. The highest BCUT2D eigenvalue weighted by Crippen LogP contribution is 2.75. The molecular formula is C17H19F2NO2. The first-order valence-corrected chi connectivity index (χ1v) is 7.73. The molecule has 1 aromatic carbocycles. The van der Waals surface area contributed by atoms with Crippen molar-refractivity contribution in [1.29, 1.82) is 0 Å². The van der Waals surface area contributed by atoms with E-state index in [1.54, 1.807) is 0 Å². The van der Waals surface area contributed by atoms with Crippen molar-refractivity contribution in [2.45, 2.75) is 38.7 Å². The minimum Gasteiger partial charge on any atom is -0.364 e. The van der Waals surface area contributed by atoms with Crippen LogP contribution < -0.4 is 5.32 Å². The molecule has 3 nitrogen and oxygen atoms in total. The number of nitrogens with one attached hydrogen (secondary N) is 1. The van der Waals surface area contributed by atoms with Crippen molar-refractivity contribution in [3.8, 4) is 0 Å². The fourth-order valence-electron chi connectivity index (χ4n) is 5.07. The zero-order valence-corrected chi connectivity index (χ0v) is 12.7. The summed E-state index contributed by atoms with van der Waals surface area (Å²) in [6.45, 7) is 4.86. The Morgan fingerprint density at radius 1 is 1.36 bits per heavy atom. The molecule has 4 bridgehead atoms. The SMILES string of the molecule is CC12COC3(C(=O)Nc4cc(F)ccc4F)CC1CCC32C. The number of hydrogen-bond donors (Lipinski definition) is 1. The maximum absolute atomic E-state index is 13.8. The molecule has 1 saturated heterocycles. The fraction of sp³-hybridized carbons (Fsp3) is 0.588. The van der Waals surface area contributed by atoms with E-state index < -0.39 is 17.2 Å². The van der Waals surface area contributed by atoms with Gasteiger partial charge in [-0.05, 0) is 37.3 Å². The van der Waals surface area contributed by atoms with Gasteiger partial charge in [-0.2, -0.15) is 0 Å². The van der Waals surface area contributed by atoms with E-state index >= 15 is 0 Å². The number of rotatable bonds is 2. The van der Waals surface area contributed by atoms with E-state index in [4.69, 9.17) is 4.74 Å². The normalized spacial score (nSPS) is 41.9. The average Bonchev–Trinajstić information content (AvgIpc) is 2.95. The van der Waals surface area contributed by atoms with Gasteiger partial charge in [0, 0.05) is 16.9 Å². The van der Waals surface area contributed by atoms with Gasteiger partial charge in [0.2, 0.25) is 0 Å². The monoisotopic (exact) mass is 307 g/mol. The van der Waals surface area contributed by atoms with Crippen LogP contribution in [0, 0.1) is 28.4 Å². The smallest absolute Gasteiger partial charge is 0.257 e. The molecule has 22 heavy (non-hydrogen) atoms. The zero-order chi connectivity index (χ0) is 15.8. The van der Waals surface area contributed by atoms with E-state index in [0.717, 1.165) is 31.0 Å². The van der Waals surface area contributed by atoms with E-state index in [9.17, 15) is 13.6 Å². The van der Waals surface area contributed by atoms with Gasteiger partial charge in [-0.3, -0.25) is 4.79 Å². The summed E-state index contributed by atoms with van der Waals surface area (Å²) >= 11 is 0. The predicted molar refractivity (Wildman–Crippen MR) is 77.2 cm³/mol. The molecule has 3 aliphatic rings. The first-order chi connectivity index (χ1) is 10.3. The molecule has 1 amide bonds. The molecule has 0 spiro atoms. The largest absolute Gasteiger partial charge is 0.364 e. The van der Waals surface area contributed by atoms with Gasteiger partial charge in [0.25, 0.3) is 5.91 Å². The Morgan fingerprint density at radius 3 is 2.82 bits per heavy atom. The maximum Gasteiger partial charge on any atom is 0.257 e. The van der Waals surface area contributed by atoms with Crippen LogP contribution >= 0.6 is 0 Å². The van der Waals surface area contributed by atoms with E-state index in [1.807, 2.05) is 0 Å². The van der Waals surface area contributed by atoms with Crippen LogP contribution in [0.5, 0.6) is 0 Å². The molecule has 1 aliphatic heterocycles. The average molecular weight is 307 g/mol. The summed E-state index contributed by atoms with van der Waals surface area (Å²) in [4.78, 5) is 12.9. The minimum absolute atomic E-state index is 0.00478. The number of carbonyl (C=O) groups is 1. The summed E-state index contributed by atoms with van der Waals surface area (Å²) in [5.41, 5.74) is -1.27. The van der Waals surface area contributed by atoms with Gasteiger partial charge >= 0.3 is 0 Å². The third kappa shape index (κ3) is 1.41. The van der Waals surface area contributed by atoms with Crippen molar-refractivity contribution < 1.29 is 18.3 Å². The molecule has 1 heterocycles. The summed E-state index contributed by atoms with van der Waals surface area (Å²) < 4.78 is 33.0. The first-order valence-electron chi connectivity index (χ1n) is 7.73. The predicted octanol–water partition coefficient (Wildman–Crippen LogP) is 3.50. The van der Waals surface area contributed by atoms with Crippen LogP contribution in [0.4, 0.5) is 14.5 Å². The van der Waals surface area contributed by atoms with E-state index in [0.29, 0.717) is 18.9 Å². The first kappa shape index (κ1) is 14.1. The summed E-state index contributed by atoms with van der Waals surface area (Å²) in [7, 11) is 0. The van der Waals surface area contributed by atoms with Crippen molar-refractivity contribution in [2.24, 2.45) is 16.7 Å².